The van der Waals surface area contributed by atoms with Crippen molar-refractivity contribution in [3.05, 3.63) is 41.6 Å². The second-order valence-corrected chi connectivity index (χ2v) is 7.11. The number of halogens is 3. The van der Waals surface area contributed by atoms with E-state index in [0.717, 1.165) is 10.2 Å². The fourth-order valence-electron chi connectivity index (χ4n) is 3.52. The number of rotatable bonds is 6. The molecule has 1 aliphatic heterocycles. The maximum Gasteiger partial charge on any atom is 0.410 e. The number of hydrogen-bond acceptors (Lipinski definition) is 4. The Balaban J connectivity index is 1.81. The predicted molar refractivity (Wildman–Crippen MR) is 103 cm³/mol. The molecule has 2 heterocycles. The number of carbonyl (C=O) groups is 1. The molecule has 2 N–H and O–H groups in total. The Morgan fingerprint density at radius 3 is 2.59 bits per heavy atom. The van der Waals surface area contributed by atoms with Gasteiger partial charge in [-0.3, -0.25) is 4.79 Å². The molecule has 0 fully saturated rings. The Labute approximate surface area is 167 Å². The van der Waals surface area contributed by atoms with Crippen molar-refractivity contribution in [3.63, 3.8) is 0 Å². The molecule has 29 heavy (non-hydrogen) atoms. The number of amides is 1. The zero-order valence-electron chi connectivity index (χ0n) is 16.6. The van der Waals surface area contributed by atoms with Crippen LogP contribution in [0.1, 0.15) is 61.2 Å². The van der Waals surface area contributed by atoms with Crippen molar-refractivity contribution < 1.29 is 22.7 Å². The molecular weight excluding hydrogens is 385 g/mol. The summed E-state index contributed by atoms with van der Waals surface area (Å²) in [5.41, 5.74) is 0.841. The van der Waals surface area contributed by atoms with E-state index < -0.39 is 18.1 Å². The highest BCUT2D eigenvalue weighted by molar-refractivity contribution is 5.93. The van der Waals surface area contributed by atoms with Crippen LogP contribution in [0.25, 0.3) is 0 Å². The molecule has 0 aliphatic carbocycles. The zero-order valence-corrected chi connectivity index (χ0v) is 16.6. The molecule has 0 radical (unpaired) electrons. The fraction of sp³-hybridized carbons (Fsp3) is 0.500. The first-order valence-corrected chi connectivity index (χ1v) is 9.64. The molecule has 0 bridgehead atoms. The molecule has 1 aromatic carbocycles. The summed E-state index contributed by atoms with van der Waals surface area (Å²) in [6.45, 7) is 3.74. The molecule has 3 rings (SSSR count). The van der Waals surface area contributed by atoms with Gasteiger partial charge in [-0.1, -0.05) is 26.0 Å². The van der Waals surface area contributed by atoms with Crippen LogP contribution in [-0.4, -0.2) is 35.0 Å². The third-order valence-corrected chi connectivity index (χ3v) is 5.23. The molecule has 3 atom stereocenters. The summed E-state index contributed by atoms with van der Waals surface area (Å²) in [6.07, 6.45) is -3.38. The van der Waals surface area contributed by atoms with E-state index in [9.17, 15) is 18.0 Å². The van der Waals surface area contributed by atoms with Crippen molar-refractivity contribution in [2.24, 2.45) is 0 Å². The fourth-order valence-corrected chi connectivity index (χ4v) is 3.52. The summed E-state index contributed by atoms with van der Waals surface area (Å²) in [5.74, 6) is 0.407. The summed E-state index contributed by atoms with van der Waals surface area (Å²) in [5, 5.41) is 9.88. The summed E-state index contributed by atoms with van der Waals surface area (Å²) in [6, 6.07) is 6.32. The third kappa shape index (κ3) is 4.49. The van der Waals surface area contributed by atoms with E-state index in [-0.39, 0.29) is 30.0 Å². The van der Waals surface area contributed by atoms with Crippen molar-refractivity contribution in [1.29, 1.82) is 0 Å². The number of benzene rings is 1. The van der Waals surface area contributed by atoms with E-state index >= 15 is 0 Å². The molecule has 1 unspecified atom stereocenters. The van der Waals surface area contributed by atoms with Gasteiger partial charge in [-0.05, 0) is 37.0 Å². The van der Waals surface area contributed by atoms with Crippen molar-refractivity contribution in [1.82, 2.24) is 15.1 Å². The highest BCUT2D eigenvalue weighted by Crippen LogP contribution is 2.40. The number of nitrogens with one attached hydrogen (secondary N) is 2. The first-order chi connectivity index (χ1) is 13.8. The van der Waals surface area contributed by atoms with Gasteiger partial charge in [0.25, 0.3) is 5.91 Å². The van der Waals surface area contributed by atoms with Gasteiger partial charge in [0.15, 0.2) is 11.7 Å². The minimum atomic E-state index is -4.43. The molecular formula is C20H25F3N4O2. The minimum Gasteiger partial charge on any atom is -0.497 e. The quantitative estimate of drug-likeness (QED) is 0.737. The van der Waals surface area contributed by atoms with Crippen LogP contribution in [0.3, 0.4) is 0 Å². The summed E-state index contributed by atoms with van der Waals surface area (Å²) >= 11 is 0. The number of hydrogen-bond donors (Lipinski definition) is 2. The van der Waals surface area contributed by atoms with Gasteiger partial charge in [0.2, 0.25) is 0 Å². The van der Waals surface area contributed by atoms with E-state index in [4.69, 9.17) is 4.74 Å². The normalized spacial score (nSPS) is 19.8. The number of carbonyl (C=O) groups excluding carboxylic acids is 1. The van der Waals surface area contributed by atoms with Gasteiger partial charge >= 0.3 is 6.18 Å². The first-order valence-electron chi connectivity index (χ1n) is 9.64. The van der Waals surface area contributed by atoms with E-state index in [1.165, 1.54) is 6.07 Å². The second kappa shape index (κ2) is 8.34. The smallest absolute Gasteiger partial charge is 0.410 e. The Hall–Kier alpha value is -2.71. The standard InChI is InChI=1S/C20H25F3N4O2/c1-4-13-10-17(20(21,22)23)27-18(24-13)11-16(26-27)19(28)25-15(5-2)12-6-8-14(29-3)9-7-12/h6-9,11,13,15,17,24H,4-5,10H2,1-3H3,(H,25,28)/t13-,15?,17-/m1/s1. The Morgan fingerprint density at radius 1 is 1.34 bits per heavy atom. The lowest BCUT2D eigenvalue weighted by atomic mass is 10.0. The summed E-state index contributed by atoms with van der Waals surface area (Å²) < 4.78 is 46.5. The summed E-state index contributed by atoms with van der Waals surface area (Å²) in [7, 11) is 1.57. The van der Waals surface area contributed by atoms with E-state index in [2.05, 4.69) is 15.7 Å². The molecule has 0 spiro atoms. The Morgan fingerprint density at radius 2 is 2.03 bits per heavy atom. The van der Waals surface area contributed by atoms with Crippen LogP contribution < -0.4 is 15.4 Å². The van der Waals surface area contributed by atoms with E-state index in [1.807, 2.05) is 26.0 Å². The zero-order chi connectivity index (χ0) is 21.2. The SMILES string of the molecule is CCC(NC(=O)c1cc2n(n1)[C@@H](C(F)(F)F)C[C@@H](CC)N2)c1ccc(OC)cc1. The maximum atomic E-state index is 13.5. The minimum absolute atomic E-state index is 0.0366. The third-order valence-electron chi connectivity index (χ3n) is 5.23. The molecule has 2 aromatic rings. The van der Waals surface area contributed by atoms with Crippen LogP contribution in [0.5, 0.6) is 5.75 Å². The number of anilines is 1. The van der Waals surface area contributed by atoms with Gasteiger partial charge < -0.3 is 15.4 Å². The average Bonchev–Trinajstić information content (AvgIpc) is 3.14. The molecule has 1 amide bonds. The van der Waals surface area contributed by atoms with Gasteiger partial charge in [0.1, 0.15) is 11.6 Å². The molecule has 0 saturated heterocycles. The van der Waals surface area contributed by atoms with Crippen molar-refractivity contribution >= 4 is 11.7 Å². The number of aromatic nitrogens is 2. The average molecular weight is 410 g/mol. The van der Waals surface area contributed by atoms with Crippen LogP contribution in [0, 0.1) is 0 Å². The number of methoxy groups -OCH3 is 1. The number of alkyl halides is 3. The number of fused-ring (bicyclic) bond motifs is 1. The molecule has 0 saturated carbocycles. The second-order valence-electron chi connectivity index (χ2n) is 7.11. The summed E-state index contributed by atoms with van der Waals surface area (Å²) in [4.78, 5) is 12.7. The van der Waals surface area contributed by atoms with Crippen LogP contribution >= 0.6 is 0 Å². The first kappa shape index (κ1) is 21.0. The monoisotopic (exact) mass is 410 g/mol. The van der Waals surface area contributed by atoms with Crippen LogP contribution in [0.2, 0.25) is 0 Å². The molecule has 1 aliphatic rings. The van der Waals surface area contributed by atoms with E-state index in [1.54, 1.807) is 19.2 Å². The molecule has 6 nitrogen and oxygen atoms in total. The lowest BCUT2D eigenvalue weighted by molar-refractivity contribution is -0.173. The Bertz CT molecular complexity index is 848. The van der Waals surface area contributed by atoms with Crippen molar-refractivity contribution in [2.45, 2.75) is 57.4 Å². The van der Waals surface area contributed by atoms with Crippen molar-refractivity contribution in [2.75, 3.05) is 12.4 Å². The highest BCUT2D eigenvalue weighted by atomic mass is 19.4. The predicted octanol–water partition coefficient (Wildman–Crippen LogP) is 4.47. The van der Waals surface area contributed by atoms with Gasteiger partial charge in [0, 0.05) is 12.1 Å². The maximum absolute atomic E-state index is 13.5. The number of nitrogens with zero attached hydrogens (tertiary/aromatic N) is 2. The van der Waals surface area contributed by atoms with E-state index in [0.29, 0.717) is 18.6 Å². The van der Waals surface area contributed by atoms with Crippen LogP contribution in [0.4, 0.5) is 19.0 Å². The Kier molecular flexibility index (Phi) is 6.04. The number of ether oxygens (including phenoxy) is 1. The lowest BCUT2D eigenvalue weighted by Crippen LogP contribution is -2.39. The lowest BCUT2D eigenvalue weighted by Gasteiger charge is -2.32. The largest absolute Gasteiger partial charge is 0.497 e. The van der Waals surface area contributed by atoms with Gasteiger partial charge in [0.05, 0.1) is 13.2 Å². The highest BCUT2D eigenvalue weighted by Gasteiger charge is 2.46. The van der Waals surface area contributed by atoms with Crippen molar-refractivity contribution in [3.8, 4) is 5.75 Å². The molecule has 158 valence electrons. The molecule has 9 heteroatoms. The van der Waals surface area contributed by atoms with Gasteiger partial charge in [-0.15, -0.1) is 0 Å². The van der Waals surface area contributed by atoms with Gasteiger partial charge in [-0.2, -0.15) is 18.3 Å². The van der Waals surface area contributed by atoms with Gasteiger partial charge in [-0.25, -0.2) is 4.68 Å². The topological polar surface area (TPSA) is 68.2 Å². The van der Waals surface area contributed by atoms with Crippen LogP contribution in [0.15, 0.2) is 30.3 Å². The van der Waals surface area contributed by atoms with Crippen LogP contribution in [-0.2, 0) is 0 Å². The molecule has 1 aromatic heterocycles.